The summed E-state index contributed by atoms with van der Waals surface area (Å²) in [6.45, 7) is 0. The zero-order valence-electron chi connectivity index (χ0n) is 9.92. The first-order chi connectivity index (χ1) is 8.33. The first-order valence-corrected chi connectivity index (χ1v) is 6.36. The van der Waals surface area contributed by atoms with E-state index >= 15 is 0 Å². The Morgan fingerprint density at radius 2 is 1.88 bits per heavy atom. The van der Waals surface area contributed by atoms with Crippen LogP contribution in [0.5, 0.6) is 0 Å². The Kier molecular flexibility index (Phi) is 4.36. The van der Waals surface area contributed by atoms with E-state index in [9.17, 15) is 0 Å². The van der Waals surface area contributed by atoms with Crippen molar-refractivity contribution in [1.82, 2.24) is 4.98 Å². The lowest BCUT2D eigenvalue weighted by molar-refractivity contribution is -0.0842. The maximum atomic E-state index is 5.14. The molecule has 0 fully saturated rings. The number of para-hydroxylation sites is 1. The molecule has 0 unspecified atom stereocenters. The van der Waals surface area contributed by atoms with E-state index in [2.05, 4.69) is 17.1 Å². The topological polar surface area (TPSA) is 31.4 Å². The summed E-state index contributed by atoms with van der Waals surface area (Å²) in [5.74, 6) is 0.734. The largest absolute Gasteiger partial charge is 0.355 e. The zero-order chi connectivity index (χ0) is 12.1. The van der Waals surface area contributed by atoms with Gasteiger partial charge < -0.3 is 9.47 Å². The van der Waals surface area contributed by atoms with Crippen molar-refractivity contribution < 1.29 is 9.47 Å². The van der Waals surface area contributed by atoms with E-state index in [1.807, 2.05) is 24.3 Å². The van der Waals surface area contributed by atoms with Crippen LogP contribution in [0.1, 0.15) is 0 Å². The Hall–Kier alpha value is -1.10. The monoisotopic (exact) mass is 249 g/mol. The highest BCUT2D eigenvalue weighted by Crippen LogP contribution is 2.21. The molecule has 3 nitrogen and oxygen atoms in total. The number of nitrogens with zero attached hydrogens (tertiary/aromatic N) is 1. The van der Waals surface area contributed by atoms with Crippen molar-refractivity contribution >= 4 is 22.7 Å². The molecule has 0 aliphatic carbocycles. The Balaban J connectivity index is 2.09. The lowest BCUT2D eigenvalue weighted by Crippen LogP contribution is -2.15. The molecule has 0 amide bonds. The van der Waals surface area contributed by atoms with Gasteiger partial charge in [-0.3, -0.25) is 0 Å². The van der Waals surface area contributed by atoms with E-state index < -0.39 is 0 Å². The fourth-order valence-corrected chi connectivity index (χ4v) is 2.42. The van der Waals surface area contributed by atoms with Crippen molar-refractivity contribution in [2.45, 2.75) is 11.3 Å². The lowest BCUT2D eigenvalue weighted by atomic mass is 10.2. The molecule has 0 saturated carbocycles. The molecular weight excluding hydrogens is 234 g/mol. The van der Waals surface area contributed by atoms with Gasteiger partial charge in [0.25, 0.3) is 0 Å². The summed E-state index contributed by atoms with van der Waals surface area (Å²) in [4.78, 5) is 4.57. The van der Waals surface area contributed by atoms with Crippen molar-refractivity contribution in [1.29, 1.82) is 0 Å². The van der Waals surface area contributed by atoms with Gasteiger partial charge >= 0.3 is 0 Å². The van der Waals surface area contributed by atoms with E-state index in [1.165, 1.54) is 0 Å². The summed E-state index contributed by atoms with van der Waals surface area (Å²) in [5.41, 5.74) is 1.02. The first-order valence-electron chi connectivity index (χ1n) is 5.37. The predicted octanol–water partition coefficient (Wildman–Crippen LogP) is 2.95. The zero-order valence-corrected chi connectivity index (χ0v) is 10.7. The molecule has 90 valence electrons. The summed E-state index contributed by atoms with van der Waals surface area (Å²) in [6, 6.07) is 12.2. The van der Waals surface area contributed by atoms with Crippen LogP contribution in [0.3, 0.4) is 0 Å². The number of hydrogen-bond donors (Lipinski definition) is 0. The molecule has 0 radical (unpaired) electrons. The van der Waals surface area contributed by atoms with Crippen LogP contribution >= 0.6 is 11.8 Å². The third-order valence-corrected chi connectivity index (χ3v) is 3.43. The van der Waals surface area contributed by atoms with E-state index in [0.717, 1.165) is 21.7 Å². The molecule has 1 heterocycles. The number of rotatable bonds is 5. The second kappa shape index (κ2) is 6.00. The van der Waals surface area contributed by atoms with Crippen LogP contribution < -0.4 is 0 Å². The minimum atomic E-state index is -0.187. The first kappa shape index (κ1) is 12.4. The van der Waals surface area contributed by atoms with Crippen LogP contribution in [0.4, 0.5) is 0 Å². The number of thioether (sulfide) groups is 1. The van der Waals surface area contributed by atoms with Crippen LogP contribution in [0.15, 0.2) is 41.4 Å². The third kappa shape index (κ3) is 3.19. The number of methoxy groups -OCH3 is 2. The fraction of sp³-hybridized carbons (Fsp3) is 0.308. The van der Waals surface area contributed by atoms with Gasteiger partial charge in [0.2, 0.25) is 0 Å². The van der Waals surface area contributed by atoms with E-state index in [0.29, 0.717) is 0 Å². The molecular formula is C13H15NO2S. The number of aromatic nitrogens is 1. The molecule has 0 N–H and O–H groups in total. The normalized spacial score (nSPS) is 11.2. The number of fused-ring (bicyclic) bond motifs is 1. The van der Waals surface area contributed by atoms with Crippen molar-refractivity contribution in [3.8, 4) is 0 Å². The summed E-state index contributed by atoms with van der Waals surface area (Å²) in [7, 11) is 3.28. The minimum Gasteiger partial charge on any atom is -0.355 e. The summed E-state index contributed by atoms with van der Waals surface area (Å²) in [6.07, 6.45) is -0.187. The van der Waals surface area contributed by atoms with Crippen LogP contribution in [-0.2, 0) is 9.47 Å². The summed E-state index contributed by atoms with van der Waals surface area (Å²) < 4.78 is 10.3. The maximum absolute atomic E-state index is 5.14. The third-order valence-electron chi connectivity index (χ3n) is 2.47. The Morgan fingerprint density at radius 1 is 1.12 bits per heavy atom. The highest BCUT2D eigenvalue weighted by molar-refractivity contribution is 7.99. The fourth-order valence-electron chi connectivity index (χ4n) is 1.51. The highest BCUT2D eigenvalue weighted by Gasteiger charge is 2.06. The average Bonchev–Trinajstić information content (AvgIpc) is 2.40. The van der Waals surface area contributed by atoms with Gasteiger partial charge in [0.05, 0.1) is 16.3 Å². The molecule has 1 aromatic carbocycles. The molecule has 0 atom stereocenters. The van der Waals surface area contributed by atoms with Crippen molar-refractivity contribution in [2.24, 2.45) is 0 Å². The predicted molar refractivity (Wildman–Crippen MR) is 70.3 cm³/mol. The van der Waals surface area contributed by atoms with Gasteiger partial charge in [-0.25, -0.2) is 4.98 Å². The molecule has 0 spiro atoms. The number of benzene rings is 1. The summed E-state index contributed by atoms with van der Waals surface area (Å²) in [5, 5.41) is 2.15. The van der Waals surface area contributed by atoms with Crippen LogP contribution in [-0.4, -0.2) is 31.2 Å². The second-order valence-corrected chi connectivity index (χ2v) is 4.59. The SMILES string of the molecule is COC(CSc1ccc2ccccc2n1)OC. The standard InChI is InChI=1S/C13H15NO2S/c1-15-13(16-2)9-17-12-8-7-10-5-3-4-6-11(10)14-12/h3-8,13H,9H2,1-2H3. The van der Waals surface area contributed by atoms with Crippen molar-refractivity contribution in [3.63, 3.8) is 0 Å². The van der Waals surface area contributed by atoms with Gasteiger partial charge in [0, 0.05) is 19.6 Å². The van der Waals surface area contributed by atoms with Gasteiger partial charge in [0.15, 0.2) is 6.29 Å². The lowest BCUT2D eigenvalue weighted by Gasteiger charge is -2.12. The van der Waals surface area contributed by atoms with Crippen molar-refractivity contribution in [3.05, 3.63) is 36.4 Å². The summed E-state index contributed by atoms with van der Waals surface area (Å²) >= 11 is 1.63. The molecule has 1 aromatic heterocycles. The molecule has 0 aliphatic rings. The number of ether oxygens (including phenoxy) is 2. The molecule has 17 heavy (non-hydrogen) atoms. The molecule has 0 aliphatic heterocycles. The minimum absolute atomic E-state index is 0.187. The van der Waals surface area contributed by atoms with Gasteiger partial charge in [-0.05, 0) is 12.1 Å². The van der Waals surface area contributed by atoms with Gasteiger partial charge in [-0.1, -0.05) is 24.3 Å². The average molecular weight is 249 g/mol. The second-order valence-electron chi connectivity index (χ2n) is 3.55. The van der Waals surface area contributed by atoms with Crippen LogP contribution in [0.2, 0.25) is 0 Å². The molecule has 4 heteroatoms. The van der Waals surface area contributed by atoms with E-state index in [1.54, 1.807) is 26.0 Å². The highest BCUT2D eigenvalue weighted by atomic mass is 32.2. The molecule has 2 rings (SSSR count). The van der Waals surface area contributed by atoms with Crippen LogP contribution in [0, 0.1) is 0 Å². The van der Waals surface area contributed by atoms with Gasteiger partial charge in [-0.2, -0.15) is 0 Å². The number of hydrogen-bond acceptors (Lipinski definition) is 4. The molecule has 2 aromatic rings. The van der Waals surface area contributed by atoms with Crippen molar-refractivity contribution in [2.75, 3.05) is 20.0 Å². The molecule has 0 bridgehead atoms. The molecule has 0 saturated heterocycles. The number of pyridine rings is 1. The van der Waals surface area contributed by atoms with E-state index in [-0.39, 0.29) is 6.29 Å². The maximum Gasteiger partial charge on any atom is 0.166 e. The quantitative estimate of drug-likeness (QED) is 0.602. The van der Waals surface area contributed by atoms with Gasteiger partial charge in [0.1, 0.15) is 0 Å². The Labute approximate surface area is 105 Å². The Bertz CT molecular complexity index is 486. The van der Waals surface area contributed by atoms with E-state index in [4.69, 9.17) is 9.47 Å². The van der Waals surface area contributed by atoms with Crippen LogP contribution in [0.25, 0.3) is 10.9 Å². The Morgan fingerprint density at radius 3 is 2.65 bits per heavy atom. The van der Waals surface area contributed by atoms with Gasteiger partial charge in [-0.15, -0.1) is 11.8 Å². The smallest absolute Gasteiger partial charge is 0.166 e.